The van der Waals surface area contributed by atoms with Crippen molar-refractivity contribution in [1.82, 2.24) is 9.13 Å². The number of alkyl halides is 3. The molecule has 0 aliphatic heterocycles. The third-order valence-corrected chi connectivity index (χ3v) is 13.3. The van der Waals surface area contributed by atoms with Crippen molar-refractivity contribution < 1.29 is 35.1 Å². The second-order valence-electron chi connectivity index (χ2n) is 17.4. The van der Waals surface area contributed by atoms with Crippen molar-refractivity contribution in [3.05, 3.63) is 241 Å². The standard InChI is InChI=1S/C61H34F8N2/c62-55-53(56(63)58(65)59(66)57(55)64)47-29-30-48(70-49-31-39(35-13-5-1-6-14-35)21-25-43(49)44-26-22-40(32-50(44)70)36-15-7-2-8-16-36)54(61(67,68)69)60(47)71-51-33-41(37-17-9-3-10-18-37)23-27-45(51)46-28-24-42(34-52(46)71)38-19-11-4-12-20-38/h1-34H. The van der Waals surface area contributed by atoms with Crippen molar-refractivity contribution in [1.29, 1.82) is 0 Å². The lowest BCUT2D eigenvalue weighted by molar-refractivity contribution is -0.137. The van der Waals surface area contributed by atoms with Crippen LogP contribution in [0.1, 0.15) is 5.56 Å². The van der Waals surface area contributed by atoms with E-state index in [0.717, 1.165) is 34.4 Å². The van der Waals surface area contributed by atoms with Crippen molar-refractivity contribution in [3.8, 4) is 67.0 Å². The number of aromatic nitrogens is 2. The predicted molar refractivity (Wildman–Crippen MR) is 267 cm³/mol. The van der Waals surface area contributed by atoms with Crippen LogP contribution in [0, 0.1) is 29.1 Å². The fraction of sp³-hybridized carbons (Fsp3) is 0.0164. The van der Waals surface area contributed by atoms with E-state index in [-0.39, 0.29) is 11.0 Å². The van der Waals surface area contributed by atoms with Crippen LogP contribution in [0.5, 0.6) is 0 Å². The van der Waals surface area contributed by atoms with Crippen molar-refractivity contribution in [3.63, 3.8) is 0 Å². The third kappa shape index (κ3) is 7.08. The molecule has 0 aliphatic carbocycles. The maximum atomic E-state index is 17.2. The van der Waals surface area contributed by atoms with E-state index in [2.05, 4.69) is 0 Å². The summed E-state index contributed by atoms with van der Waals surface area (Å²) in [5.74, 6) is -11.6. The van der Waals surface area contributed by atoms with Gasteiger partial charge < -0.3 is 9.13 Å². The summed E-state index contributed by atoms with van der Waals surface area (Å²) in [5.41, 5.74) is 1.62. The van der Waals surface area contributed by atoms with Crippen molar-refractivity contribution in [2.24, 2.45) is 0 Å². The molecular weight excluding hydrogens is 913 g/mol. The highest BCUT2D eigenvalue weighted by Crippen LogP contribution is 2.50. The van der Waals surface area contributed by atoms with E-state index in [0.29, 0.717) is 54.8 Å². The van der Waals surface area contributed by atoms with E-state index < -0.39 is 63.3 Å². The van der Waals surface area contributed by atoms with Gasteiger partial charge in [-0.15, -0.1) is 0 Å². The molecule has 344 valence electrons. The molecule has 71 heavy (non-hydrogen) atoms. The van der Waals surface area contributed by atoms with Crippen LogP contribution >= 0.6 is 0 Å². The normalized spacial score (nSPS) is 11.9. The molecular formula is C61H34F8N2. The number of hydrogen-bond acceptors (Lipinski definition) is 0. The molecule has 10 aromatic carbocycles. The zero-order valence-electron chi connectivity index (χ0n) is 37.0. The summed E-state index contributed by atoms with van der Waals surface area (Å²) < 4.78 is 133. The molecule has 0 radical (unpaired) electrons. The molecule has 0 N–H and O–H groups in total. The van der Waals surface area contributed by atoms with E-state index in [1.165, 1.54) is 9.13 Å². The Morgan fingerprint density at radius 2 is 0.606 bits per heavy atom. The van der Waals surface area contributed by atoms with Crippen molar-refractivity contribution >= 4 is 43.6 Å². The minimum Gasteiger partial charge on any atom is -0.309 e. The van der Waals surface area contributed by atoms with Crippen LogP contribution in [-0.4, -0.2) is 9.13 Å². The summed E-state index contributed by atoms with van der Waals surface area (Å²) in [6.45, 7) is 0. The summed E-state index contributed by atoms with van der Waals surface area (Å²) in [7, 11) is 0. The van der Waals surface area contributed by atoms with Gasteiger partial charge in [0.15, 0.2) is 23.3 Å². The SMILES string of the molecule is Fc1c(F)c(F)c(-c2ccc(-n3c4cc(-c5ccccc5)ccc4c4ccc(-c5ccccc5)cc43)c(C(F)(F)F)c2-n2c3cc(-c4ccccc4)ccc3c3ccc(-c4ccccc4)cc32)c(F)c1F. The molecule has 2 nitrogen and oxygen atoms in total. The average molecular weight is 947 g/mol. The molecule has 0 aliphatic rings. The fourth-order valence-electron chi connectivity index (χ4n) is 10.1. The second kappa shape index (κ2) is 16.7. The van der Waals surface area contributed by atoms with Gasteiger partial charge in [-0.1, -0.05) is 170 Å². The largest absolute Gasteiger partial charge is 0.420 e. The lowest BCUT2D eigenvalue weighted by Crippen LogP contribution is -2.17. The Labute approximate surface area is 400 Å². The first-order valence-electron chi connectivity index (χ1n) is 22.6. The van der Waals surface area contributed by atoms with Gasteiger partial charge in [-0.3, -0.25) is 0 Å². The van der Waals surface area contributed by atoms with E-state index in [1.54, 1.807) is 36.4 Å². The molecule has 2 heterocycles. The van der Waals surface area contributed by atoms with Crippen LogP contribution < -0.4 is 0 Å². The lowest BCUT2D eigenvalue weighted by Gasteiger charge is -2.25. The first-order chi connectivity index (χ1) is 34.5. The van der Waals surface area contributed by atoms with Crippen LogP contribution in [0.15, 0.2) is 206 Å². The zero-order chi connectivity index (χ0) is 48.7. The molecule has 10 heteroatoms. The van der Waals surface area contributed by atoms with Crippen LogP contribution in [-0.2, 0) is 6.18 Å². The highest BCUT2D eigenvalue weighted by molar-refractivity contribution is 6.13. The Hall–Kier alpha value is -8.76. The number of nitrogens with zero attached hydrogens (tertiary/aromatic N) is 2. The summed E-state index contributed by atoms with van der Waals surface area (Å²) >= 11 is 0. The Morgan fingerprint density at radius 1 is 0.296 bits per heavy atom. The maximum absolute atomic E-state index is 17.2. The van der Waals surface area contributed by atoms with E-state index in [4.69, 9.17) is 0 Å². The van der Waals surface area contributed by atoms with Gasteiger partial charge in [0.2, 0.25) is 5.82 Å². The first-order valence-corrected chi connectivity index (χ1v) is 22.6. The predicted octanol–water partition coefficient (Wildman–Crippen LogP) is 17.9. The molecule has 0 saturated heterocycles. The van der Waals surface area contributed by atoms with E-state index in [9.17, 15) is 4.39 Å². The molecule has 12 rings (SSSR count). The smallest absolute Gasteiger partial charge is 0.309 e. The van der Waals surface area contributed by atoms with Crippen LogP contribution in [0.2, 0.25) is 0 Å². The molecule has 12 aromatic rings. The van der Waals surface area contributed by atoms with Gasteiger partial charge in [-0.2, -0.15) is 13.2 Å². The topological polar surface area (TPSA) is 9.86 Å². The average Bonchev–Trinajstić information content (AvgIpc) is 3.91. The summed E-state index contributed by atoms with van der Waals surface area (Å²) in [6.07, 6.45) is -5.36. The second-order valence-corrected chi connectivity index (χ2v) is 17.4. The van der Waals surface area contributed by atoms with Crippen LogP contribution in [0.3, 0.4) is 0 Å². The van der Waals surface area contributed by atoms with Crippen molar-refractivity contribution in [2.75, 3.05) is 0 Å². The molecule has 0 saturated carbocycles. The first kappa shape index (κ1) is 43.5. The van der Waals surface area contributed by atoms with Gasteiger partial charge in [0, 0.05) is 27.1 Å². The lowest BCUT2D eigenvalue weighted by atomic mass is 9.95. The summed E-state index contributed by atoms with van der Waals surface area (Å²) in [4.78, 5) is 0. The van der Waals surface area contributed by atoms with E-state index in [1.807, 2.05) is 158 Å². The number of fused-ring (bicyclic) bond motifs is 6. The molecule has 0 unspecified atom stereocenters. The minimum atomic E-state index is -5.36. The molecule has 0 atom stereocenters. The number of halogens is 8. The van der Waals surface area contributed by atoms with Gasteiger partial charge in [0.1, 0.15) is 5.56 Å². The number of rotatable bonds is 7. The van der Waals surface area contributed by atoms with Gasteiger partial charge in [0.25, 0.3) is 0 Å². The number of benzene rings is 10. The van der Waals surface area contributed by atoms with Gasteiger partial charge in [-0.05, 0) is 80.9 Å². The Kier molecular flexibility index (Phi) is 10.3. The molecule has 0 fully saturated rings. The van der Waals surface area contributed by atoms with E-state index >= 15 is 30.7 Å². The summed E-state index contributed by atoms with van der Waals surface area (Å²) in [5, 5.41) is 2.15. The molecule has 2 aromatic heterocycles. The van der Waals surface area contributed by atoms with Gasteiger partial charge in [0.05, 0.1) is 39.0 Å². The highest BCUT2D eigenvalue weighted by Gasteiger charge is 2.42. The Bertz CT molecular complexity index is 3840. The quantitative estimate of drug-likeness (QED) is 0.0856. The monoisotopic (exact) mass is 946 g/mol. The van der Waals surface area contributed by atoms with Gasteiger partial charge in [-0.25, -0.2) is 22.0 Å². The Morgan fingerprint density at radius 3 is 0.930 bits per heavy atom. The Balaban J connectivity index is 1.30. The molecule has 0 spiro atoms. The minimum absolute atomic E-state index is 0.180. The van der Waals surface area contributed by atoms with Crippen LogP contribution in [0.25, 0.3) is 111 Å². The fourth-order valence-corrected chi connectivity index (χ4v) is 10.1. The van der Waals surface area contributed by atoms with Crippen LogP contribution in [0.4, 0.5) is 35.1 Å². The van der Waals surface area contributed by atoms with Crippen molar-refractivity contribution in [2.45, 2.75) is 6.18 Å². The van der Waals surface area contributed by atoms with Gasteiger partial charge >= 0.3 is 6.18 Å². The maximum Gasteiger partial charge on any atom is 0.420 e. The highest BCUT2D eigenvalue weighted by atomic mass is 19.4. The molecule has 0 bridgehead atoms. The number of hydrogen-bond donors (Lipinski definition) is 0. The third-order valence-electron chi connectivity index (χ3n) is 13.3. The molecule has 0 amide bonds. The zero-order valence-corrected chi connectivity index (χ0v) is 37.0. The summed E-state index contributed by atoms with van der Waals surface area (Å²) in [6, 6.07) is 60.6.